The summed E-state index contributed by atoms with van der Waals surface area (Å²) in [6, 6.07) is 9.56. The first kappa shape index (κ1) is 19.2. The fourth-order valence-electron chi connectivity index (χ4n) is 3.41. The Labute approximate surface area is 152 Å². The van der Waals surface area contributed by atoms with E-state index in [-0.39, 0.29) is 12.4 Å². The Kier molecular flexibility index (Phi) is 7.08. The first-order chi connectivity index (χ1) is 11.2. The zero-order valence-corrected chi connectivity index (χ0v) is 15.6. The van der Waals surface area contributed by atoms with Crippen LogP contribution in [0.1, 0.15) is 36.8 Å². The highest BCUT2D eigenvalue weighted by Gasteiger charge is 2.33. The van der Waals surface area contributed by atoms with Crippen molar-refractivity contribution >= 4 is 18.3 Å². The molecule has 0 aromatic heterocycles. The third-order valence-corrected chi connectivity index (χ3v) is 5.05. The van der Waals surface area contributed by atoms with E-state index in [1.165, 1.54) is 24.0 Å². The van der Waals surface area contributed by atoms with Crippen LogP contribution in [-0.2, 0) is 11.3 Å². The Hall–Kier alpha value is -1.10. The minimum absolute atomic E-state index is 0. The van der Waals surface area contributed by atoms with Crippen molar-refractivity contribution in [2.24, 2.45) is 0 Å². The van der Waals surface area contributed by atoms with Gasteiger partial charge in [-0.3, -0.25) is 9.69 Å². The minimum Gasteiger partial charge on any atom is -0.334 e. The van der Waals surface area contributed by atoms with Crippen LogP contribution in [0.2, 0.25) is 0 Å². The average Bonchev–Trinajstić information content (AvgIpc) is 3.39. The van der Waals surface area contributed by atoms with Gasteiger partial charge in [-0.05, 0) is 51.8 Å². The van der Waals surface area contributed by atoms with E-state index in [4.69, 9.17) is 0 Å². The maximum Gasteiger partial charge on any atom is 0.237 e. The maximum absolute atomic E-state index is 12.8. The van der Waals surface area contributed by atoms with Crippen LogP contribution in [0.3, 0.4) is 0 Å². The van der Waals surface area contributed by atoms with Crippen molar-refractivity contribution in [3.63, 3.8) is 0 Å². The lowest BCUT2D eigenvalue weighted by Gasteiger charge is -2.33. The summed E-state index contributed by atoms with van der Waals surface area (Å²) in [5.74, 6) is 0.296. The Morgan fingerprint density at radius 3 is 2.58 bits per heavy atom. The number of nitrogens with one attached hydrogen (secondary N) is 1. The van der Waals surface area contributed by atoms with Gasteiger partial charge in [0.25, 0.3) is 0 Å². The molecule has 4 nitrogen and oxygen atoms in total. The van der Waals surface area contributed by atoms with Crippen LogP contribution in [0.4, 0.5) is 0 Å². The van der Waals surface area contributed by atoms with Gasteiger partial charge in [0.15, 0.2) is 0 Å². The summed E-state index contributed by atoms with van der Waals surface area (Å²) >= 11 is 0. The molecule has 3 rings (SSSR count). The maximum atomic E-state index is 12.8. The molecule has 1 aromatic rings. The molecule has 1 N–H and O–H groups in total. The SMILES string of the molecule is CNC1CCCN(CC(=O)N(Cc2ccc(C)cc2)C2CC2)C1.Cl. The van der Waals surface area contributed by atoms with E-state index in [9.17, 15) is 4.79 Å². The van der Waals surface area contributed by atoms with Crippen LogP contribution in [0.5, 0.6) is 0 Å². The van der Waals surface area contributed by atoms with E-state index in [2.05, 4.69) is 46.3 Å². The molecule has 0 radical (unpaired) electrons. The normalized spacial score (nSPS) is 21.2. The Morgan fingerprint density at radius 1 is 1.25 bits per heavy atom. The fraction of sp³-hybridized carbons (Fsp3) is 0.632. The zero-order valence-electron chi connectivity index (χ0n) is 14.8. The van der Waals surface area contributed by atoms with E-state index >= 15 is 0 Å². The summed E-state index contributed by atoms with van der Waals surface area (Å²) in [7, 11) is 2.02. The number of likely N-dealkylation sites (tertiary alicyclic amines) is 1. The Balaban J connectivity index is 0.00000208. The second kappa shape index (κ2) is 8.84. The van der Waals surface area contributed by atoms with Crippen molar-refractivity contribution in [3.8, 4) is 0 Å². The molecule has 1 amide bonds. The highest BCUT2D eigenvalue weighted by atomic mass is 35.5. The van der Waals surface area contributed by atoms with E-state index in [1.54, 1.807) is 0 Å². The quantitative estimate of drug-likeness (QED) is 0.855. The van der Waals surface area contributed by atoms with E-state index < -0.39 is 0 Å². The lowest BCUT2D eigenvalue weighted by Crippen LogP contribution is -2.49. The first-order valence-corrected chi connectivity index (χ1v) is 8.90. The van der Waals surface area contributed by atoms with Crippen LogP contribution >= 0.6 is 12.4 Å². The monoisotopic (exact) mass is 351 g/mol. The minimum atomic E-state index is 0. The molecule has 1 unspecified atom stereocenters. The van der Waals surface area contributed by atoms with Crippen molar-refractivity contribution in [1.29, 1.82) is 0 Å². The first-order valence-electron chi connectivity index (χ1n) is 8.90. The van der Waals surface area contributed by atoms with Gasteiger partial charge in [-0.1, -0.05) is 29.8 Å². The van der Waals surface area contributed by atoms with Crippen molar-refractivity contribution in [3.05, 3.63) is 35.4 Å². The fourth-order valence-corrected chi connectivity index (χ4v) is 3.41. The van der Waals surface area contributed by atoms with Crippen molar-refractivity contribution in [2.45, 2.75) is 51.2 Å². The highest BCUT2D eigenvalue weighted by Crippen LogP contribution is 2.28. The number of nitrogens with zero attached hydrogens (tertiary/aromatic N) is 2. The van der Waals surface area contributed by atoms with Crippen LogP contribution in [0, 0.1) is 6.92 Å². The molecule has 1 heterocycles. The summed E-state index contributed by atoms with van der Waals surface area (Å²) in [6.45, 7) is 5.47. The number of halogens is 1. The molecular weight excluding hydrogens is 322 g/mol. The molecule has 1 aromatic carbocycles. The number of benzene rings is 1. The van der Waals surface area contributed by atoms with Crippen LogP contribution in [0.25, 0.3) is 0 Å². The molecule has 1 saturated carbocycles. The van der Waals surface area contributed by atoms with Gasteiger partial charge in [-0.2, -0.15) is 0 Å². The summed E-state index contributed by atoms with van der Waals surface area (Å²) < 4.78 is 0. The highest BCUT2D eigenvalue weighted by molar-refractivity contribution is 5.85. The van der Waals surface area contributed by atoms with E-state index in [0.717, 1.165) is 32.5 Å². The molecule has 2 aliphatic rings. The molecule has 0 bridgehead atoms. The molecule has 24 heavy (non-hydrogen) atoms. The van der Waals surface area contributed by atoms with Gasteiger partial charge in [-0.25, -0.2) is 0 Å². The van der Waals surface area contributed by atoms with E-state index in [0.29, 0.717) is 24.5 Å². The van der Waals surface area contributed by atoms with Crippen molar-refractivity contribution < 1.29 is 4.79 Å². The number of hydrogen-bond acceptors (Lipinski definition) is 3. The van der Waals surface area contributed by atoms with E-state index in [1.807, 2.05) is 7.05 Å². The lowest BCUT2D eigenvalue weighted by atomic mass is 10.1. The van der Waals surface area contributed by atoms with Gasteiger partial charge in [0, 0.05) is 25.2 Å². The van der Waals surface area contributed by atoms with Crippen LogP contribution in [0.15, 0.2) is 24.3 Å². The summed E-state index contributed by atoms with van der Waals surface area (Å²) in [4.78, 5) is 17.2. The molecule has 0 spiro atoms. The number of amides is 1. The standard InChI is InChI=1S/C19H29N3O.ClH/c1-15-5-7-16(8-6-15)12-22(18-9-10-18)19(23)14-21-11-3-4-17(13-21)20-2;/h5-8,17-18,20H,3-4,9-14H2,1-2H3;1H. The molecule has 1 saturated heterocycles. The third kappa shape index (κ3) is 5.20. The Bertz CT molecular complexity index is 530. The molecule has 134 valence electrons. The van der Waals surface area contributed by atoms with Gasteiger partial charge in [0.2, 0.25) is 5.91 Å². The largest absolute Gasteiger partial charge is 0.334 e. The molecular formula is C19H30ClN3O. The predicted octanol–water partition coefficient (Wildman–Crippen LogP) is 2.59. The molecule has 1 aliphatic heterocycles. The Morgan fingerprint density at radius 2 is 1.96 bits per heavy atom. The van der Waals surface area contributed by atoms with Crippen LogP contribution in [-0.4, -0.2) is 54.5 Å². The number of piperidine rings is 1. The summed E-state index contributed by atoms with van der Waals surface area (Å²) in [5, 5.41) is 3.35. The van der Waals surface area contributed by atoms with Gasteiger partial charge in [0.1, 0.15) is 0 Å². The second-order valence-corrected chi connectivity index (χ2v) is 7.10. The molecule has 1 aliphatic carbocycles. The third-order valence-electron chi connectivity index (χ3n) is 5.05. The second-order valence-electron chi connectivity index (χ2n) is 7.10. The molecule has 2 fully saturated rings. The van der Waals surface area contributed by atoms with Crippen LogP contribution < -0.4 is 5.32 Å². The number of carbonyl (C=O) groups is 1. The topological polar surface area (TPSA) is 35.6 Å². The van der Waals surface area contributed by atoms with Gasteiger partial charge >= 0.3 is 0 Å². The van der Waals surface area contributed by atoms with Gasteiger partial charge in [0.05, 0.1) is 6.54 Å². The summed E-state index contributed by atoms with van der Waals surface area (Å²) in [5.41, 5.74) is 2.51. The average molecular weight is 352 g/mol. The number of carbonyl (C=O) groups excluding carboxylic acids is 1. The van der Waals surface area contributed by atoms with Gasteiger partial charge in [-0.15, -0.1) is 12.4 Å². The summed E-state index contributed by atoms with van der Waals surface area (Å²) in [6.07, 6.45) is 4.73. The molecule has 5 heteroatoms. The number of rotatable bonds is 6. The smallest absolute Gasteiger partial charge is 0.237 e. The zero-order chi connectivity index (χ0) is 16.2. The van der Waals surface area contributed by atoms with Gasteiger partial charge < -0.3 is 10.2 Å². The number of likely N-dealkylation sites (N-methyl/N-ethyl adjacent to an activating group) is 1. The predicted molar refractivity (Wildman–Crippen MR) is 101 cm³/mol. The number of hydrogen-bond donors (Lipinski definition) is 1. The number of aryl methyl sites for hydroxylation is 1. The lowest BCUT2D eigenvalue weighted by molar-refractivity contribution is -0.134. The molecule has 1 atom stereocenters. The van der Waals surface area contributed by atoms with Crippen molar-refractivity contribution in [1.82, 2.24) is 15.1 Å². The van der Waals surface area contributed by atoms with Crippen molar-refractivity contribution in [2.75, 3.05) is 26.7 Å².